The third-order valence-electron chi connectivity index (χ3n) is 2.04. The number of carbonyl (C=O) groups is 1. The molecule has 3 heteroatoms. The van der Waals surface area contributed by atoms with Crippen LogP contribution in [0.2, 0.25) is 5.02 Å². The van der Waals surface area contributed by atoms with Crippen LogP contribution in [0.25, 0.3) is 0 Å². The van der Waals surface area contributed by atoms with Gasteiger partial charge in [-0.25, -0.2) is 0 Å². The van der Waals surface area contributed by atoms with Gasteiger partial charge in [-0.2, -0.15) is 0 Å². The van der Waals surface area contributed by atoms with Gasteiger partial charge >= 0.3 is 0 Å². The summed E-state index contributed by atoms with van der Waals surface area (Å²) in [4.78, 5) is 11.0. The van der Waals surface area contributed by atoms with Crippen molar-refractivity contribution in [3.63, 3.8) is 0 Å². The number of methoxy groups -OCH3 is 1. The molecule has 0 radical (unpaired) electrons. The Morgan fingerprint density at radius 1 is 1.50 bits per heavy atom. The normalized spacial score (nSPS) is 10.0. The predicted octanol–water partition coefficient (Wildman–Crippen LogP) is 2.79. The van der Waals surface area contributed by atoms with Crippen LogP contribution in [-0.4, -0.2) is 12.9 Å². The van der Waals surface area contributed by atoms with E-state index >= 15 is 0 Å². The van der Waals surface area contributed by atoms with Crippen LogP contribution in [0.3, 0.4) is 0 Å². The van der Waals surface area contributed by atoms with Crippen LogP contribution < -0.4 is 4.74 Å². The maximum absolute atomic E-state index is 11.0. The minimum absolute atomic E-state index is 0.119. The quantitative estimate of drug-likeness (QED) is 0.770. The molecule has 0 spiro atoms. The van der Waals surface area contributed by atoms with E-state index in [0.29, 0.717) is 17.2 Å². The van der Waals surface area contributed by atoms with E-state index in [9.17, 15) is 4.79 Å². The lowest BCUT2D eigenvalue weighted by atomic mass is 10.0. The summed E-state index contributed by atoms with van der Waals surface area (Å²) in [6.45, 7) is 3.49. The van der Waals surface area contributed by atoms with Crippen LogP contribution in [0.1, 0.15) is 18.1 Å². The first-order chi connectivity index (χ1) is 6.54. The fourth-order valence-electron chi connectivity index (χ4n) is 1.40. The van der Waals surface area contributed by atoms with Gasteiger partial charge in [0, 0.05) is 17.0 Å². The summed E-state index contributed by atoms with van der Waals surface area (Å²) in [6, 6.07) is 3.56. The highest BCUT2D eigenvalue weighted by Gasteiger charge is 2.09. The van der Waals surface area contributed by atoms with E-state index in [0.717, 1.165) is 11.1 Å². The van der Waals surface area contributed by atoms with E-state index in [1.807, 2.05) is 13.0 Å². The molecule has 0 amide bonds. The molecule has 0 saturated carbocycles. The molecule has 0 bridgehead atoms. The number of halogens is 1. The van der Waals surface area contributed by atoms with Crippen molar-refractivity contribution in [3.8, 4) is 5.75 Å². The van der Waals surface area contributed by atoms with Crippen molar-refractivity contribution in [2.45, 2.75) is 20.3 Å². The largest absolute Gasteiger partial charge is 0.496 e. The molecule has 1 aromatic rings. The molecule has 1 aromatic carbocycles. The molecule has 0 aliphatic rings. The highest BCUT2D eigenvalue weighted by atomic mass is 35.5. The summed E-state index contributed by atoms with van der Waals surface area (Å²) in [5, 5.41) is 0.631. The molecule has 0 aromatic heterocycles. The van der Waals surface area contributed by atoms with Crippen molar-refractivity contribution < 1.29 is 9.53 Å². The highest BCUT2D eigenvalue weighted by Crippen LogP contribution is 2.27. The van der Waals surface area contributed by atoms with E-state index in [4.69, 9.17) is 16.3 Å². The van der Waals surface area contributed by atoms with Crippen molar-refractivity contribution >= 4 is 17.4 Å². The van der Waals surface area contributed by atoms with E-state index in [1.165, 1.54) is 0 Å². The minimum atomic E-state index is 0.119. The number of carbonyl (C=O) groups excluding carboxylic acids is 1. The Bertz CT molecular complexity index is 359. The van der Waals surface area contributed by atoms with Gasteiger partial charge in [0.2, 0.25) is 0 Å². The van der Waals surface area contributed by atoms with Crippen molar-refractivity contribution in [2.24, 2.45) is 0 Å². The zero-order chi connectivity index (χ0) is 10.7. The first kappa shape index (κ1) is 11.1. The molecule has 76 valence electrons. The van der Waals surface area contributed by atoms with Gasteiger partial charge in [0.25, 0.3) is 0 Å². The van der Waals surface area contributed by atoms with Gasteiger partial charge in [-0.3, -0.25) is 4.79 Å². The molecule has 0 unspecified atom stereocenters. The van der Waals surface area contributed by atoms with Gasteiger partial charge in [-0.15, -0.1) is 0 Å². The van der Waals surface area contributed by atoms with Crippen LogP contribution in [0.4, 0.5) is 0 Å². The zero-order valence-electron chi connectivity index (χ0n) is 8.56. The topological polar surface area (TPSA) is 26.3 Å². The van der Waals surface area contributed by atoms with Gasteiger partial charge in [0.15, 0.2) is 0 Å². The summed E-state index contributed by atoms with van der Waals surface area (Å²) >= 11 is 5.87. The van der Waals surface area contributed by atoms with Crippen LogP contribution in [0, 0.1) is 6.92 Å². The fraction of sp³-hybridized carbons (Fsp3) is 0.364. The zero-order valence-corrected chi connectivity index (χ0v) is 9.31. The summed E-state index contributed by atoms with van der Waals surface area (Å²) in [6.07, 6.45) is 0.395. The Labute approximate surface area is 88.8 Å². The number of rotatable bonds is 3. The molecule has 0 aliphatic heterocycles. The van der Waals surface area contributed by atoms with Crippen molar-refractivity contribution in [1.29, 1.82) is 0 Å². The molecule has 1 rings (SSSR count). The molecule has 0 saturated heterocycles. The number of hydrogen-bond donors (Lipinski definition) is 0. The fourth-order valence-corrected chi connectivity index (χ4v) is 1.66. The molecule has 14 heavy (non-hydrogen) atoms. The maximum atomic E-state index is 11.0. The Kier molecular flexibility index (Phi) is 3.53. The number of Topliss-reactive ketones (excluding diaryl/α,β-unsaturated/α-hetero) is 1. The average Bonchev–Trinajstić information content (AvgIpc) is 2.08. The molecule has 0 aliphatic carbocycles. The smallest absolute Gasteiger partial charge is 0.134 e. The Balaban J connectivity index is 3.18. The standard InChI is InChI=1S/C11H13ClO2/c1-7-4-9(12)6-11(14-3)10(7)5-8(2)13/h4,6H,5H2,1-3H3. The third-order valence-corrected chi connectivity index (χ3v) is 2.26. The molecular weight excluding hydrogens is 200 g/mol. The Morgan fingerprint density at radius 2 is 2.14 bits per heavy atom. The monoisotopic (exact) mass is 212 g/mol. The predicted molar refractivity (Wildman–Crippen MR) is 57.1 cm³/mol. The van der Waals surface area contributed by atoms with Crippen LogP contribution >= 0.6 is 11.6 Å². The molecule has 0 N–H and O–H groups in total. The maximum Gasteiger partial charge on any atom is 0.134 e. The Morgan fingerprint density at radius 3 is 2.64 bits per heavy atom. The molecule has 2 nitrogen and oxygen atoms in total. The molecule has 0 atom stereocenters. The van der Waals surface area contributed by atoms with Gasteiger partial charge in [0.1, 0.15) is 11.5 Å². The number of ether oxygens (including phenoxy) is 1. The van der Waals surface area contributed by atoms with Crippen molar-refractivity contribution in [1.82, 2.24) is 0 Å². The Hall–Kier alpha value is -1.02. The van der Waals surface area contributed by atoms with E-state index in [2.05, 4.69) is 0 Å². The summed E-state index contributed by atoms with van der Waals surface area (Å²) in [7, 11) is 1.58. The third kappa shape index (κ3) is 2.48. The lowest BCUT2D eigenvalue weighted by molar-refractivity contribution is -0.116. The summed E-state index contributed by atoms with van der Waals surface area (Å²) < 4.78 is 5.17. The van der Waals surface area contributed by atoms with Crippen molar-refractivity contribution in [2.75, 3.05) is 7.11 Å². The van der Waals surface area contributed by atoms with E-state index in [-0.39, 0.29) is 5.78 Å². The number of aryl methyl sites for hydroxylation is 1. The first-order valence-electron chi connectivity index (χ1n) is 4.37. The van der Waals surface area contributed by atoms with Gasteiger partial charge in [-0.1, -0.05) is 11.6 Å². The van der Waals surface area contributed by atoms with Crippen LogP contribution in [0.15, 0.2) is 12.1 Å². The lowest BCUT2D eigenvalue weighted by Gasteiger charge is -2.10. The summed E-state index contributed by atoms with van der Waals surface area (Å²) in [5.74, 6) is 0.805. The lowest BCUT2D eigenvalue weighted by Crippen LogP contribution is -2.02. The van der Waals surface area contributed by atoms with Gasteiger partial charge in [0.05, 0.1) is 7.11 Å². The molecule has 0 heterocycles. The van der Waals surface area contributed by atoms with Gasteiger partial charge in [-0.05, 0) is 31.5 Å². The van der Waals surface area contributed by atoms with Crippen LogP contribution in [0.5, 0.6) is 5.75 Å². The second-order valence-corrected chi connectivity index (χ2v) is 3.72. The second-order valence-electron chi connectivity index (χ2n) is 3.28. The number of hydrogen-bond acceptors (Lipinski definition) is 2. The second kappa shape index (κ2) is 4.47. The van der Waals surface area contributed by atoms with Gasteiger partial charge < -0.3 is 4.74 Å². The number of benzene rings is 1. The summed E-state index contributed by atoms with van der Waals surface area (Å²) in [5.41, 5.74) is 1.91. The number of ketones is 1. The minimum Gasteiger partial charge on any atom is -0.496 e. The first-order valence-corrected chi connectivity index (χ1v) is 4.75. The molecule has 0 fully saturated rings. The highest BCUT2D eigenvalue weighted by molar-refractivity contribution is 6.30. The average molecular weight is 213 g/mol. The van der Waals surface area contributed by atoms with E-state index in [1.54, 1.807) is 20.1 Å². The SMILES string of the molecule is COc1cc(Cl)cc(C)c1CC(C)=O. The van der Waals surface area contributed by atoms with Crippen LogP contribution in [-0.2, 0) is 11.2 Å². The molecular formula is C11H13ClO2. The van der Waals surface area contributed by atoms with Crippen molar-refractivity contribution in [3.05, 3.63) is 28.3 Å². The van der Waals surface area contributed by atoms with E-state index < -0.39 is 0 Å².